The zero-order valence-corrected chi connectivity index (χ0v) is 19.1. The molecule has 174 valence electrons. The molecule has 1 heterocycles. The fraction of sp³-hybridized carbons (Fsp3) is 0.269. The molecule has 0 bridgehead atoms. The first-order chi connectivity index (χ1) is 15.6. The van der Waals surface area contributed by atoms with E-state index in [9.17, 15) is 25.2 Å². The zero-order chi connectivity index (χ0) is 24.3. The maximum Gasteiger partial charge on any atom is 0.238 e. The molecule has 3 aromatic rings. The van der Waals surface area contributed by atoms with Gasteiger partial charge in [-0.3, -0.25) is 4.79 Å². The van der Waals surface area contributed by atoms with Crippen LogP contribution < -0.4 is 10.2 Å². The van der Waals surface area contributed by atoms with E-state index in [1.54, 1.807) is 6.07 Å². The van der Waals surface area contributed by atoms with E-state index < -0.39 is 16.9 Å². The number of benzene rings is 2. The number of allylic oxidation sites excluding steroid dienone is 4. The minimum absolute atomic E-state index is 0.0972. The van der Waals surface area contributed by atoms with Gasteiger partial charge in [0.25, 0.3) is 0 Å². The number of ether oxygens (including phenoxy) is 1. The van der Waals surface area contributed by atoms with Gasteiger partial charge in [-0.25, -0.2) is 0 Å². The highest BCUT2D eigenvalue weighted by molar-refractivity contribution is 5.88. The topological polar surface area (TPSA) is 120 Å². The van der Waals surface area contributed by atoms with Gasteiger partial charge in [0, 0.05) is 23.3 Å². The minimum Gasteiger partial charge on any atom is -0.508 e. The van der Waals surface area contributed by atoms with Gasteiger partial charge in [0.2, 0.25) is 11.2 Å². The summed E-state index contributed by atoms with van der Waals surface area (Å²) in [5.41, 5.74) is 2.10. The van der Waals surface area contributed by atoms with E-state index in [0.717, 1.165) is 24.5 Å². The standard InChI is InChI=1S/C26H28O7/c1-14(2)6-5-7-15(3)8-9-17-18(10-11-20(32-4)23(17)29)26-25(31)24(30)22-19(28)12-16(27)13-21(22)33-26/h6,8,10-13,27-29,31H,5,7,9H2,1-4H3/b15-8+. The molecule has 0 aliphatic heterocycles. The highest BCUT2D eigenvalue weighted by atomic mass is 16.5. The van der Waals surface area contributed by atoms with Gasteiger partial charge in [-0.15, -0.1) is 0 Å². The normalized spacial score (nSPS) is 11.6. The number of hydrogen-bond donors (Lipinski definition) is 4. The van der Waals surface area contributed by atoms with Crippen molar-refractivity contribution in [1.29, 1.82) is 0 Å². The molecule has 2 aromatic carbocycles. The van der Waals surface area contributed by atoms with Gasteiger partial charge >= 0.3 is 0 Å². The van der Waals surface area contributed by atoms with Crippen molar-refractivity contribution in [2.45, 2.75) is 40.0 Å². The van der Waals surface area contributed by atoms with Crippen LogP contribution in [0.15, 0.2) is 56.8 Å². The average molecular weight is 453 g/mol. The molecule has 0 amide bonds. The molecular weight excluding hydrogens is 424 g/mol. The summed E-state index contributed by atoms with van der Waals surface area (Å²) in [7, 11) is 1.43. The summed E-state index contributed by atoms with van der Waals surface area (Å²) in [5, 5.41) is 41.0. The third kappa shape index (κ3) is 4.98. The summed E-state index contributed by atoms with van der Waals surface area (Å²) in [6.45, 7) is 6.08. The molecule has 3 rings (SSSR count). The van der Waals surface area contributed by atoms with Gasteiger partial charge in [-0.05, 0) is 52.2 Å². The first-order valence-corrected chi connectivity index (χ1v) is 10.5. The first-order valence-electron chi connectivity index (χ1n) is 10.5. The predicted molar refractivity (Wildman–Crippen MR) is 127 cm³/mol. The van der Waals surface area contributed by atoms with Gasteiger partial charge in [0.1, 0.15) is 22.5 Å². The Kier molecular flexibility index (Phi) is 7.01. The number of fused-ring (bicyclic) bond motifs is 1. The number of methoxy groups -OCH3 is 1. The van der Waals surface area contributed by atoms with Crippen LogP contribution in [0.25, 0.3) is 22.3 Å². The van der Waals surface area contributed by atoms with Crippen molar-refractivity contribution >= 4 is 11.0 Å². The molecule has 0 radical (unpaired) electrons. The highest BCUT2D eigenvalue weighted by Crippen LogP contribution is 2.42. The van der Waals surface area contributed by atoms with E-state index in [2.05, 4.69) is 6.08 Å². The molecule has 0 aliphatic carbocycles. The predicted octanol–water partition coefficient (Wildman–Crippen LogP) is 5.53. The Bertz CT molecular complexity index is 1310. The van der Waals surface area contributed by atoms with E-state index in [4.69, 9.17) is 9.15 Å². The Balaban J connectivity index is 2.15. The van der Waals surface area contributed by atoms with Crippen molar-refractivity contribution < 1.29 is 29.6 Å². The number of aromatic hydroxyl groups is 4. The summed E-state index contributed by atoms with van der Waals surface area (Å²) in [6, 6.07) is 5.25. The molecule has 0 aliphatic rings. The second kappa shape index (κ2) is 9.73. The lowest BCUT2D eigenvalue weighted by molar-refractivity contribution is 0.371. The summed E-state index contributed by atoms with van der Waals surface area (Å²) >= 11 is 0. The summed E-state index contributed by atoms with van der Waals surface area (Å²) in [6.07, 6.45) is 6.16. The summed E-state index contributed by atoms with van der Waals surface area (Å²) < 4.78 is 11.0. The Morgan fingerprint density at radius 1 is 1.03 bits per heavy atom. The smallest absolute Gasteiger partial charge is 0.238 e. The van der Waals surface area contributed by atoms with Crippen molar-refractivity contribution in [2.24, 2.45) is 0 Å². The Hall–Kier alpha value is -3.87. The van der Waals surface area contributed by atoms with Crippen LogP contribution in [0.2, 0.25) is 0 Å². The van der Waals surface area contributed by atoms with Crippen LogP contribution >= 0.6 is 0 Å². The summed E-state index contributed by atoms with van der Waals surface area (Å²) in [5.74, 6) is -1.59. The first kappa shape index (κ1) is 23.8. The number of rotatable bonds is 7. The number of hydrogen-bond acceptors (Lipinski definition) is 7. The molecule has 7 heteroatoms. The fourth-order valence-electron chi connectivity index (χ4n) is 3.62. The third-order valence-corrected chi connectivity index (χ3v) is 5.39. The van der Waals surface area contributed by atoms with Crippen LogP contribution in [0.1, 0.15) is 39.2 Å². The molecule has 0 spiro atoms. The van der Waals surface area contributed by atoms with Gasteiger partial charge in [-0.2, -0.15) is 0 Å². The van der Waals surface area contributed by atoms with Gasteiger partial charge in [-0.1, -0.05) is 23.3 Å². The lowest BCUT2D eigenvalue weighted by Crippen LogP contribution is -2.04. The number of phenols is 3. The molecule has 0 atom stereocenters. The summed E-state index contributed by atoms with van der Waals surface area (Å²) in [4.78, 5) is 12.8. The molecule has 0 fully saturated rings. The third-order valence-electron chi connectivity index (χ3n) is 5.39. The molecule has 1 aromatic heterocycles. The Labute approximate surface area is 191 Å². The fourth-order valence-corrected chi connectivity index (χ4v) is 3.62. The van der Waals surface area contributed by atoms with E-state index in [1.807, 2.05) is 26.8 Å². The molecular formula is C26H28O7. The van der Waals surface area contributed by atoms with Crippen LogP contribution in [0.4, 0.5) is 0 Å². The van der Waals surface area contributed by atoms with Gasteiger partial charge in [0.15, 0.2) is 17.3 Å². The SMILES string of the molecule is COc1ccc(-c2oc3cc(O)cc(O)c3c(=O)c2O)c(C/C=C(\C)CCC=C(C)C)c1O. The quantitative estimate of drug-likeness (QED) is 0.348. The van der Waals surface area contributed by atoms with Crippen LogP contribution in [-0.4, -0.2) is 27.5 Å². The van der Waals surface area contributed by atoms with Crippen molar-refractivity contribution in [1.82, 2.24) is 0 Å². The lowest BCUT2D eigenvalue weighted by atomic mass is 9.97. The molecule has 0 saturated carbocycles. The Morgan fingerprint density at radius 2 is 1.76 bits per heavy atom. The van der Waals surface area contributed by atoms with E-state index in [0.29, 0.717) is 17.5 Å². The van der Waals surface area contributed by atoms with Crippen molar-refractivity contribution in [3.63, 3.8) is 0 Å². The highest BCUT2D eigenvalue weighted by Gasteiger charge is 2.23. The van der Waals surface area contributed by atoms with Crippen molar-refractivity contribution in [3.05, 3.63) is 63.4 Å². The van der Waals surface area contributed by atoms with Gasteiger partial charge in [0.05, 0.1) is 7.11 Å². The molecule has 4 N–H and O–H groups in total. The maximum absolute atomic E-state index is 12.8. The van der Waals surface area contributed by atoms with Crippen molar-refractivity contribution in [2.75, 3.05) is 7.11 Å². The Morgan fingerprint density at radius 3 is 2.42 bits per heavy atom. The van der Waals surface area contributed by atoms with Gasteiger partial charge < -0.3 is 29.6 Å². The lowest BCUT2D eigenvalue weighted by Gasteiger charge is -2.14. The molecule has 0 unspecified atom stereocenters. The van der Waals surface area contributed by atoms with Crippen LogP contribution in [-0.2, 0) is 6.42 Å². The van der Waals surface area contributed by atoms with E-state index in [-0.39, 0.29) is 34.0 Å². The minimum atomic E-state index is -0.849. The second-order valence-electron chi connectivity index (χ2n) is 8.16. The second-order valence-corrected chi connectivity index (χ2v) is 8.16. The largest absolute Gasteiger partial charge is 0.508 e. The van der Waals surface area contributed by atoms with Crippen LogP contribution in [0, 0.1) is 0 Å². The van der Waals surface area contributed by atoms with Crippen molar-refractivity contribution in [3.8, 4) is 40.1 Å². The molecule has 0 saturated heterocycles. The van der Waals surface area contributed by atoms with E-state index >= 15 is 0 Å². The van der Waals surface area contributed by atoms with Crippen LogP contribution in [0.5, 0.6) is 28.7 Å². The average Bonchev–Trinajstić information content (AvgIpc) is 2.74. The molecule has 33 heavy (non-hydrogen) atoms. The van der Waals surface area contributed by atoms with E-state index in [1.165, 1.54) is 24.8 Å². The monoisotopic (exact) mass is 452 g/mol. The maximum atomic E-state index is 12.8. The number of phenolic OH excluding ortho intramolecular Hbond substituents is 3. The zero-order valence-electron chi connectivity index (χ0n) is 19.1. The molecule has 7 nitrogen and oxygen atoms in total. The van der Waals surface area contributed by atoms with Crippen LogP contribution in [0.3, 0.4) is 0 Å².